The Morgan fingerprint density at radius 2 is 1.90 bits per heavy atom. The number of rotatable bonds is 8. The van der Waals surface area contributed by atoms with E-state index in [9.17, 15) is 4.79 Å². The van der Waals surface area contributed by atoms with Crippen molar-refractivity contribution in [3.8, 4) is 0 Å². The first-order valence-corrected chi connectivity index (χ1v) is 7.80. The summed E-state index contributed by atoms with van der Waals surface area (Å²) in [6, 6.07) is 0. The molecular formula is C17H30O3. The lowest BCUT2D eigenvalue weighted by Crippen LogP contribution is -2.36. The number of allylic oxidation sites excluding steroid dienone is 1. The number of carbonyl (C=O) groups is 1. The van der Waals surface area contributed by atoms with Crippen LogP contribution < -0.4 is 0 Å². The summed E-state index contributed by atoms with van der Waals surface area (Å²) in [7, 11) is 0. The number of ether oxygens (including phenoxy) is 2. The van der Waals surface area contributed by atoms with Crippen molar-refractivity contribution in [3.63, 3.8) is 0 Å². The molecule has 1 atom stereocenters. The number of hydrogen-bond acceptors (Lipinski definition) is 3. The third-order valence-electron chi connectivity index (χ3n) is 3.45. The molecule has 1 fully saturated rings. The predicted molar refractivity (Wildman–Crippen MR) is 81.5 cm³/mol. The first kappa shape index (κ1) is 17.2. The highest BCUT2D eigenvalue weighted by atomic mass is 16.6. The van der Waals surface area contributed by atoms with Crippen molar-refractivity contribution >= 4 is 5.97 Å². The Labute approximate surface area is 123 Å². The second-order valence-corrected chi connectivity index (χ2v) is 6.74. The van der Waals surface area contributed by atoms with Crippen LogP contribution in [-0.4, -0.2) is 24.3 Å². The Morgan fingerprint density at radius 3 is 2.35 bits per heavy atom. The van der Waals surface area contributed by atoms with Gasteiger partial charge in [0.15, 0.2) is 0 Å². The molecule has 1 aliphatic rings. The van der Waals surface area contributed by atoms with Crippen LogP contribution in [0.25, 0.3) is 0 Å². The fourth-order valence-corrected chi connectivity index (χ4v) is 2.24. The molecular weight excluding hydrogens is 252 g/mol. The van der Waals surface area contributed by atoms with Gasteiger partial charge in [-0.15, -0.1) is 0 Å². The molecule has 0 N–H and O–H groups in total. The van der Waals surface area contributed by atoms with Crippen molar-refractivity contribution in [1.29, 1.82) is 0 Å². The van der Waals surface area contributed by atoms with Crippen molar-refractivity contribution in [2.45, 2.75) is 72.5 Å². The van der Waals surface area contributed by atoms with E-state index in [1.807, 2.05) is 13.8 Å². The maximum absolute atomic E-state index is 11.6. The van der Waals surface area contributed by atoms with Crippen LogP contribution in [-0.2, 0) is 14.3 Å². The lowest BCUT2D eigenvalue weighted by Gasteiger charge is -2.30. The van der Waals surface area contributed by atoms with Crippen LogP contribution in [0.2, 0.25) is 0 Å². The number of esters is 1. The van der Waals surface area contributed by atoms with Crippen molar-refractivity contribution in [2.24, 2.45) is 11.8 Å². The molecule has 20 heavy (non-hydrogen) atoms. The molecule has 0 spiro atoms. The number of hydrogen-bond donors (Lipinski definition) is 0. The molecule has 0 amide bonds. The highest BCUT2D eigenvalue weighted by Gasteiger charge is 2.33. The lowest BCUT2D eigenvalue weighted by molar-refractivity contribution is -0.157. The third kappa shape index (κ3) is 6.08. The first-order chi connectivity index (χ1) is 9.25. The molecule has 3 heteroatoms. The van der Waals surface area contributed by atoms with Gasteiger partial charge in [-0.3, -0.25) is 4.79 Å². The van der Waals surface area contributed by atoms with E-state index in [2.05, 4.69) is 33.8 Å². The smallest absolute Gasteiger partial charge is 0.309 e. The molecule has 0 aromatic heterocycles. The van der Waals surface area contributed by atoms with E-state index in [1.165, 1.54) is 5.57 Å². The van der Waals surface area contributed by atoms with Crippen LogP contribution >= 0.6 is 0 Å². The average Bonchev–Trinajstić information content (AvgIpc) is 3.16. The van der Waals surface area contributed by atoms with Gasteiger partial charge in [0.1, 0.15) is 6.61 Å². The minimum Gasteiger partial charge on any atom is -0.462 e. The van der Waals surface area contributed by atoms with E-state index in [4.69, 9.17) is 9.47 Å². The quantitative estimate of drug-likeness (QED) is 0.496. The molecule has 0 aromatic carbocycles. The van der Waals surface area contributed by atoms with E-state index in [-0.39, 0.29) is 18.0 Å². The molecule has 0 aliphatic heterocycles. The maximum Gasteiger partial charge on any atom is 0.309 e. The van der Waals surface area contributed by atoms with Gasteiger partial charge in [-0.05, 0) is 51.5 Å². The average molecular weight is 282 g/mol. The number of carbonyl (C=O) groups excluding carboxylic acids is 1. The van der Waals surface area contributed by atoms with Crippen molar-refractivity contribution in [3.05, 3.63) is 11.6 Å². The van der Waals surface area contributed by atoms with E-state index in [0.717, 1.165) is 19.3 Å². The monoisotopic (exact) mass is 282 g/mol. The molecule has 116 valence electrons. The van der Waals surface area contributed by atoms with Crippen LogP contribution in [0.5, 0.6) is 0 Å². The van der Waals surface area contributed by atoms with Crippen LogP contribution in [0.4, 0.5) is 0 Å². The van der Waals surface area contributed by atoms with Gasteiger partial charge in [-0.25, -0.2) is 0 Å². The highest BCUT2D eigenvalue weighted by Crippen LogP contribution is 2.30. The molecule has 1 aliphatic carbocycles. The van der Waals surface area contributed by atoms with Gasteiger partial charge < -0.3 is 9.47 Å². The predicted octanol–water partition coefficient (Wildman–Crippen LogP) is 4.12. The van der Waals surface area contributed by atoms with Crippen LogP contribution in [0, 0.1) is 11.8 Å². The molecule has 0 radical (unpaired) electrons. The van der Waals surface area contributed by atoms with Crippen molar-refractivity contribution in [2.75, 3.05) is 6.61 Å². The van der Waals surface area contributed by atoms with Gasteiger partial charge in [0.25, 0.3) is 0 Å². The Morgan fingerprint density at radius 1 is 1.30 bits per heavy atom. The second kappa shape index (κ2) is 7.26. The summed E-state index contributed by atoms with van der Waals surface area (Å²) >= 11 is 0. The minimum atomic E-state index is -0.449. The fraction of sp³-hybridized carbons (Fsp3) is 0.824. The zero-order chi connectivity index (χ0) is 15.3. The van der Waals surface area contributed by atoms with E-state index in [0.29, 0.717) is 12.5 Å². The van der Waals surface area contributed by atoms with Gasteiger partial charge in [0, 0.05) is 0 Å². The van der Waals surface area contributed by atoms with Crippen molar-refractivity contribution < 1.29 is 14.3 Å². The summed E-state index contributed by atoms with van der Waals surface area (Å²) in [5.41, 5.74) is 0.858. The fourth-order valence-electron chi connectivity index (χ4n) is 2.24. The Hall–Kier alpha value is -0.830. The summed E-state index contributed by atoms with van der Waals surface area (Å²) in [5, 5.41) is 0. The first-order valence-electron chi connectivity index (χ1n) is 7.80. The van der Waals surface area contributed by atoms with E-state index >= 15 is 0 Å². The summed E-state index contributed by atoms with van der Waals surface area (Å²) in [5.74, 6) is 0.602. The lowest BCUT2D eigenvalue weighted by atomic mass is 10.0. The van der Waals surface area contributed by atoms with E-state index in [1.54, 1.807) is 0 Å². The van der Waals surface area contributed by atoms with Gasteiger partial charge in [-0.2, -0.15) is 0 Å². The van der Waals surface area contributed by atoms with Gasteiger partial charge in [0.2, 0.25) is 0 Å². The van der Waals surface area contributed by atoms with Crippen molar-refractivity contribution in [1.82, 2.24) is 0 Å². The van der Waals surface area contributed by atoms with Crippen LogP contribution in [0.3, 0.4) is 0 Å². The second-order valence-electron chi connectivity index (χ2n) is 6.74. The highest BCUT2D eigenvalue weighted by molar-refractivity contribution is 5.74. The van der Waals surface area contributed by atoms with Crippen LogP contribution in [0.1, 0.15) is 60.8 Å². The van der Waals surface area contributed by atoms with Crippen LogP contribution in [0.15, 0.2) is 11.6 Å². The third-order valence-corrected chi connectivity index (χ3v) is 3.45. The molecule has 1 saturated carbocycles. The zero-order valence-corrected chi connectivity index (χ0v) is 13.9. The normalized spacial score (nSPS) is 18.2. The molecule has 1 unspecified atom stereocenters. The van der Waals surface area contributed by atoms with Gasteiger partial charge in [0.05, 0.1) is 17.6 Å². The molecule has 0 saturated heterocycles. The Bertz CT molecular complexity index is 351. The maximum atomic E-state index is 11.6. The Kier molecular flexibility index (Phi) is 6.25. The SMILES string of the molecule is CC/C(=C\C(C)C)C(C)OC(C)(C)COC(=O)C1CC1. The summed E-state index contributed by atoms with van der Waals surface area (Å²) in [6.45, 7) is 12.8. The summed E-state index contributed by atoms with van der Waals surface area (Å²) in [6.07, 6.45) is 5.26. The zero-order valence-electron chi connectivity index (χ0n) is 13.9. The molecule has 1 rings (SSSR count). The topological polar surface area (TPSA) is 35.5 Å². The van der Waals surface area contributed by atoms with E-state index < -0.39 is 5.60 Å². The van der Waals surface area contributed by atoms with Gasteiger partial charge >= 0.3 is 5.97 Å². The minimum absolute atomic E-state index is 0.0528. The summed E-state index contributed by atoms with van der Waals surface area (Å²) < 4.78 is 11.4. The summed E-state index contributed by atoms with van der Waals surface area (Å²) in [4.78, 5) is 11.6. The van der Waals surface area contributed by atoms with Gasteiger partial charge in [-0.1, -0.05) is 26.8 Å². The molecule has 3 nitrogen and oxygen atoms in total. The largest absolute Gasteiger partial charge is 0.462 e. The molecule has 0 heterocycles. The molecule has 0 aromatic rings. The Balaban J connectivity index is 2.48. The molecule has 0 bridgehead atoms. The standard InChI is InChI=1S/C17H30O3/c1-7-14(10-12(2)3)13(4)20-17(5,6)11-19-16(18)15-8-9-15/h10,12-13,15H,7-9,11H2,1-6H3/b14-10+.